The van der Waals surface area contributed by atoms with Crippen LogP contribution in [-0.4, -0.2) is 17.9 Å². The van der Waals surface area contributed by atoms with E-state index in [-0.39, 0.29) is 17.7 Å². The smallest absolute Gasteiger partial charge is 0.279 e. The number of carbonyl (C=O) groups is 2. The maximum Gasteiger partial charge on any atom is 0.279 e. The van der Waals surface area contributed by atoms with Crippen molar-refractivity contribution in [1.82, 2.24) is 10.9 Å². The highest BCUT2D eigenvalue weighted by Gasteiger charge is 2.22. The lowest BCUT2D eigenvalue weighted by atomic mass is 9.89. The van der Waals surface area contributed by atoms with Crippen molar-refractivity contribution in [2.45, 2.75) is 64.9 Å². The highest BCUT2D eigenvalue weighted by molar-refractivity contribution is 5.85. The second-order valence-corrected chi connectivity index (χ2v) is 6.80. The van der Waals surface area contributed by atoms with E-state index in [1.165, 1.54) is 12.0 Å². The van der Waals surface area contributed by atoms with Crippen LogP contribution < -0.4 is 15.6 Å². The van der Waals surface area contributed by atoms with Gasteiger partial charge < -0.3 is 4.74 Å². The van der Waals surface area contributed by atoms with Crippen molar-refractivity contribution in [3.8, 4) is 5.75 Å². The van der Waals surface area contributed by atoms with Crippen molar-refractivity contribution in [3.63, 3.8) is 0 Å². The lowest BCUT2D eigenvalue weighted by Crippen LogP contribution is -2.49. The molecular weight excluding hydrogens is 304 g/mol. The van der Waals surface area contributed by atoms with Gasteiger partial charge in [0, 0.05) is 5.92 Å². The summed E-state index contributed by atoms with van der Waals surface area (Å²) >= 11 is 0. The maximum atomic E-state index is 12.1. The molecule has 0 heterocycles. The molecule has 0 radical (unpaired) electrons. The summed E-state index contributed by atoms with van der Waals surface area (Å²) in [4.78, 5) is 24.1. The first-order valence-electron chi connectivity index (χ1n) is 8.83. The van der Waals surface area contributed by atoms with Gasteiger partial charge in [0.1, 0.15) is 5.75 Å². The molecule has 1 aliphatic rings. The first-order chi connectivity index (χ1) is 11.5. The van der Waals surface area contributed by atoms with Crippen LogP contribution in [0.1, 0.15) is 64.4 Å². The fourth-order valence-corrected chi connectivity index (χ4v) is 2.88. The molecule has 1 aromatic rings. The van der Waals surface area contributed by atoms with Gasteiger partial charge in [-0.05, 0) is 43.4 Å². The molecule has 1 saturated carbocycles. The number of hydrogen-bond donors (Lipinski definition) is 2. The normalized spacial score (nSPS) is 16.5. The van der Waals surface area contributed by atoms with E-state index in [0.29, 0.717) is 11.7 Å². The Morgan fingerprint density at radius 3 is 2.21 bits per heavy atom. The molecule has 0 aliphatic heterocycles. The van der Waals surface area contributed by atoms with Crippen LogP contribution in [0.4, 0.5) is 0 Å². The number of carbonyl (C=O) groups excluding carboxylic acids is 2. The van der Waals surface area contributed by atoms with E-state index in [1.54, 1.807) is 6.92 Å². The molecule has 0 saturated heterocycles. The molecular formula is C19H28N2O3. The van der Waals surface area contributed by atoms with Crippen molar-refractivity contribution in [2.75, 3.05) is 0 Å². The Hall–Kier alpha value is -2.04. The zero-order valence-corrected chi connectivity index (χ0v) is 14.8. The molecule has 1 unspecified atom stereocenters. The molecule has 2 N–H and O–H groups in total. The van der Waals surface area contributed by atoms with Gasteiger partial charge in [-0.25, -0.2) is 0 Å². The zero-order chi connectivity index (χ0) is 17.5. The number of nitrogens with one attached hydrogen (secondary N) is 2. The van der Waals surface area contributed by atoms with E-state index in [1.807, 2.05) is 24.3 Å². The summed E-state index contributed by atoms with van der Waals surface area (Å²) in [7, 11) is 0. The van der Waals surface area contributed by atoms with Crippen LogP contribution in [0.25, 0.3) is 0 Å². The van der Waals surface area contributed by atoms with Crippen LogP contribution in [0.15, 0.2) is 24.3 Å². The third-order valence-corrected chi connectivity index (χ3v) is 4.51. The standard InChI is InChI=1S/C19H28N2O3/c1-13(2)15-9-11-17(12-10-15)24-14(3)18(22)20-21-19(23)16-7-5-4-6-8-16/h9-14,16H,4-8H2,1-3H3,(H,20,22)(H,21,23). The number of benzene rings is 1. The zero-order valence-electron chi connectivity index (χ0n) is 14.8. The van der Waals surface area contributed by atoms with Gasteiger partial charge in [-0.3, -0.25) is 20.4 Å². The number of ether oxygens (including phenoxy) is 1. The topological polar surface area (TPSA) is 67.4 Å². The molecule has 1 aliphatic carbocycles. The number of rotatable bonds is 5. The third-order valence-electron chi connectivity index (χ3n) is 4.51. The number of hydrogen-bond acceptors (Lipinski definition) is 3. The minimum Gasteiger partial charge on any atom is -0.481 e. The van der Waals surface area contributed by atoms with Crippen LogP contribution in [0.2, 0.25) is 0 Å². The van der Waals surface area contributed by atoms with Crippen molar-refractivity contribution >= 4 is 11.8 Å². The Kier molecular flexibility index (Phi) is 6.64. The summed E-state index contributed by atoms with van der Waals surface area (Å²) in [5.41, 5.74) is 6.21. The average molecular weight is 332 g/mol. The van der Waals surface area contributed by atoms with Gasteiger partial charge in [0.15, 0.2) is 6.10 Å². The van der Waals surface area contributed by atoms with Crippen LogP contribution >= 0.6 is 0 Å². The van der Waals surface area contributed by atoms with Crippen molar-refractivity contribution in [3.05, 3.63) is 29.8 Å². The summed E-state index contributed by atoms with van der Waals surface area (Å²) in [5.74, 6) is 0.651. The third kappa shape index (κ3) is 5.25. The molecule has 1 aromatic carbocycles. The number of amides is 2. The first kappa shape index (κ1) is 18.3. The summed E-state index contributed by atoms with van der Waals surface area (Å²) < 4.78 is 5.63. The Morgan fingerprint density at radius 2 is 1.62 bits per heavy atom. The molecule has 24 heavy (non-hydrogen) atoms. The monoisotopic (exact) mass is 332 g/mol. The summed E-state index contributed by atoms with van der Waals surface area (Å²) in [6, 6.07) is 7.71. The highest BCUT2D eigenvalue weighted by atomic mass is 16.5. The molecule has 5 nitrogen and oxygen atoms in total. The predicted octanol–water partition coefficient (Wildman–Crippen LogP) is 3.31. The van der Waals surface area contributed by atoms with E-state index < -0.39 is 6.10 Å². The Balaban J connectivity index is 1.78. The predicted molar refractivity (Wildman–Crippen MR) is 93.5 cm³/mol. The Labute approximate surface area is 144 Å². The molecule has 2 rings (SSSR count). The van der Waals surface area contributed by atoms with Crippen LogP contribution in [-0.2, 0) is 9.59 Å². The van der Waals surface area contributed by atoms with E-state index in [0.717, 1.165) is 25.7 Å². The molecule has 1 atom stereocenters. The quantitative estimate of drug-likeness (QED) is 0.813. The molecule has 0 bridgehead atoms. The van der Waals surface area contributed by atoms with E-state index >= 15 is 0 Å². The SMILES string of the molecule is CC(Oc1ccc(C(C)C)cc1)C(=O)NNC(=O)C1CCCCC1. The molecule has 0 aromatic heterocycles. The maximum absolute atomic E-state index is 12.1. The van der Waals surface area contributed by atoms with Gasteiger partial charge in [0.05, 0.1) is 0 Å². The van der Waals surface area contributed by atoms with Crippen molar-refractivity contribution < 1.29 is 14.3 Å². The van der Waals surface area contributed by atoms with Gasteiger partial charge in [-0.1, -0.05) is 45.2 Å². The van der Waals surface area contributed by atoms with Gasteiger partial charge in [-0.2, -0.15) is 0 Å². The van der Waals surface area contributed by atoms with E-state index in [2.05, 4.69) is 24.7 Å². The van der Waals surface area contributed by atoms with Gasteiger partial charge in [0.2, 0.25) is 5.91 Å². The minimum absolute atomic E-state index is 0.0128. The molecule has 1 fully saturated rings. The average Bonchev–Trinajstić information content (AvgIpc) is 2.60. The molecule has 2 amide bonds. The fraction of sp³-hybridized carbons (Fsp3) is 0.579. The van der Waals surface area contributed by atoms with Crippen LogP contribution in [0, 0.1) is 5.92 Å². The lowest BCUT2D eigenvalue weighted by molar-refractivity contribution is -0.134. The second-order valence-electron chi connectivity index (χ2n) is 6.80. The van der Waals surface area contributed by atoms with Crippen molar-refractivity contribution in [1.29, 1.82) is 0 Å². The lowest BCUT2D eigenvalue weighted by Gasteiger charge is -2.21. The number of hydrazine groups is 1. The summed E-state index contributed by atoms with van der Waals surface area (Å²) in [5, 5.41) is 0. The second kappa shape index (κ2) is 8.71. The van der Waals surface area contributed by atoms with Crippen LogP contribution in [0.3, 0.4) is 0 Å². The fourth-order valence-electron chi connectivity index (χ4n) is 2.88. The highest BCUT2D eigenvalue weighted by Crippen LogP contribution is 2.23. The van der Waals surface area contributed by atoms with Gasteiger partial charge in [-0.15, -0.1) is 0 Å². The van der Waals surface area contributed by atoms with E-state index in [9.17, 15) is 9.59 Å². The molecule has 132 valence electrons. The van der Waals surface area contributed by atoms with Crippen molar-refractivity contribution in [2.24, 2.45) is 5.92 Å². The summed E-state index contributed by atoms with van der Waals surface area (Å²) in [6.07, 6.45) is 4.47. The molecule has 0 spiro atoms. The van der Waals surface area contributed by atoms with Gasteiger partial charge >= 0.3 is 0 Å². The first-order valence-corrected chi connectivity index (χ1v) is 8.83. The van der Waals surface area contributed by atoms with E-state index in [4.69, 9.17) is 4.74 Å². The Bertz CT molecular complexity index is 548. The Morgan fingerprint density at radius 1 is 1.00 bits per heavy atom. The minimum atomic E-state index is -0.679. The molecule has 5 heteroatoms. The van der Waals surface area contributed by atoms with Crippen LogP contribution in [0.5, 0.6) is 5.75 Å². The van der Waals surface area contributed by atoms with Gasteiger partial charge in [0.25, 0.3) is 5.91 Å². The summed E-state index contributed by atoms with van der Waals surface area (Å²) in [6.45, 7) is 5.92. The largest absolute Gasteiger partial charge is 0.481 e.